The first-order valence-corrected chi connectivity index (χ1v) is 10.8. The van der Waals surface area contributed by atoms with Gasteiger partial charge in [-0.2, -0.15) is 0 Å². The van der Waals surface area contributed by atoms with Gasteiger partial charge in [0.05, 0.1) is 0 Å². The Labute approximate surface area is 186 Å². The van der Waals surface area contributed by atoms with Crippen LogP contribution < -0.4 is 10.6 Å². The predicted molar refractivity (Wildman–Crippen MR) is 122 cm³/mol. The molecule has 7 heteroatoms. The summed E-state index contributed by atoms with van der Waals surface area (Å²) >= 11 is 0. The second-order valence-electron chi connectivity index (χ2n) is 10.0. The molecule has 0 aliphatic carbocycles. The predicted octanol–water partition coefficient (Wildman–Crippen LogP) is 4.04. The van der Waals surface area contributed by atoms with Crippen molar-refractivity contribution >= 4 is 17.9 Å². The maximum Gasteiger partial charge on any atom is 0.408 e. The Morgan fingerprint density at radius 3 is 1.97 bits per heavy atom. The van der Waals surface area contributed by atoms with Gasteiger partial charge in [-0.3, -0.25) is 9.59 Å². The lowest BCUT2D eigenvalue weighted by Gasteiger charge is -2.36. The van der Waals surface area contributed by atoms with Crippen molar-refractivity contribution in [3.63, 3.8) is 0 Å². The zero-order valence-corrected chi connectivity index (χ0v) is 20.4. The minimum Gasteiger partial charge on any atom is -0.444 e. The zero-order valence-electron chi connectivity index (χ0n) is 20.4. The number of carbonyl (C=O) groups is 3. The summed E-state index contributed by atoms with van der Waals surface area (Å²) in [6.45, 7) is 16.8. The average molecular weight is 434 g/mol. The molecule has 0 heterocycles. The highest BCUT2D eigenvalue weighted by atomic mass is 16.6. The van der Waals surface area contributed by atoms with Gasteiger partial charge in [0.15, 0.2) is 0 Å². The largest absolute Gasteiger partial charge is 0.444 e. The molecule has 0 bridgehead atoms. The normalized spacial score (nSPS) is 13.9. The number of likely N-dealkylation sites (N-methyl/N-ethyl adjacent to an activating group) is 1. The molecule has 1 aromatic rings. The highest BCUT2D eigenvalue weighted by Gasteiger charge is 2.37. The zero-order chi connectivity index (χ0) is 24.0. The number of benzene rings is 1. The van der Waals surface area contributed by atoms with Gasteiger partial charge in [-0.25, -0.2) is 4.79 Å². The van der Waals surface area contributed by atoms with Crippen LogP contribution in [0.15, 0.2) is 30.3 Å². The van der Waals surface area contributed by atoms with Crippen LogP contribution in [0.5, 0.6) is 0 Å². The monoisotopic (exact) mass is 433 g/mol. The van der Waals surface area contributed by atoms with Crippen LogP contribution in [-0.2, 0) is 14.3 Å². The van der Waals surface area contributed by atoms with Crippen molar-refractivity contribution in [2.24, 2.45) is 5.92 Å². The Hall–Kier alpha value is -2.57. The summed E-state index contributed by atoms with van der Waals surface area (Å²) in [5, 5.41) is 5.68. The average Bonchev–Trinajstić information content (AvgIpc) is 2.61. The van der Waals surface area contributed by atoms with Crippen molar-refractivity contribution in [1.82, 2.24) is 15.5 Å². The molecule has 1 rings (SSSR count). The van der Waals surface area contributed by atoms with Crippen LogP contribution in [0.25, 0.3) is 0 Å². The van der Waals surface area contributed by atoms with E-state index in [2.05, 4.69) is 10.6 Å². The van der Waals surface area contributed by atoms with E-state index in [1.165, 1.54) is 4.90 Å². The summed E-state index contributed by atoms with van der Waals surface area (Å²) in [5.41, 5.74) is -0.434. The summed E-state index contributed by atoms with van der Waals surface area (Å²) in [4.78, 5) is 40.7. The summed E-state index contributed by atoms with van der Waals surface area (Å²) in [7, 11) is 0. The summed E-state index contributed by atoms with van der Waals surface area (Å²) in [5.74, 6) is -0.800. The molecule has 0 saturated heterocycles. The van der Waals surface area contributed by atoms with Crippen molar-refractivity contribution in [2.45, 2.75) is 85.5 Å². The van der Waals surface area contributed by atoms with E-state index in [1.807, 2.05) is 71.9 Å². The number of nitrogens with zero attached hydrogens (tertiary/aromatic N) is 1. The fourth-order valence-electron chi connectivity index (χ4n) is 3.14. The molecular weight excluding hydrogens is 394 g/mol. The highest BCUT2D eigenvalue weighted by Crippen LogP contribution is 2.24. The topological polar surface area (TPSA) is 87.7 Å². The minimum absolute atomic E-state index is 0.198. The number of alkyl carbamates (subject to hydrolysis) is 1. The van der Waals surface area contributed by atoms with E-state index in [-0.39, 0.29) is 17.7 Å². The third kappa shape index (κ3) is 8.59. The SMILES string of the molecule is CCN(C(=O)C(NC(=O)OC(C)(C)C)C(C)C)C(C(=O)NC(C)(C)C)c1ccccc1. The van der Waals surface area contributed by atoms with Gasteiger partial charge in [0.2, 0.25) is 11.8 Å². The molecule has 0 fully saturated rings. The lowest BCUT2D eigenvalue weighted by Crippen LogP contribution is -2.56. The number of nitrogens with one attached hydrogen (secondary N) is 2. The fourth-order valence-corrected chi connectivity index (χ4v) is 3.14. The summed E-state index contributed by atoms with van der Waals surface area (Å²) in [6.07, 6.45) is -0.661. The Balaban J connectivity index is 3.29. The van der Waals surface area contributed by atoms with E-state index >= 15 is 0 Å². The van der Waals surface area contributed by atoms with Crippen LogP contribution in [0, 0.1) is 5.92 Å². The molecule has 2 unspecified atom stereocenters. The quantitative estimate of drug-likeness (QED) is 0.679. The van der Waals surface area contributed by atoms with Crippen molar-refractivity contribution < 1.29 is 19.1 Å². The van der Waals surface area contributed by atoms with Crippen molar-refractivity contribution in [2.75, 3.05) is 6.54 Å². The number of hydrogen-bond acceptors (Lipinski definition) is 4. The van der Waals surface area contributed by atoms with Crippen LogP contribution >= 0.6 is 0 Å². The van der Waals surface area contributed by atoms with E-state index in [0.29, 0.717) is 12.1 Å². The van der Waals surface area contributed by atoms with E-state index in [9.17, 15) is 14.4 Å². The molecule has 1 aromatic carbocycles. The molecule has 2 atom stereocenters. The van der Waals surface area contributed by atoms with Crippen LogP contribution in [0.4, 0.5) is 4.79 Å². The Kier molecular flexibility index (Phi) is 9.09. The van der Waals surface area contributed by atoms with Gasteiger partial charge >= 0.3 is 6.09 Å². The van der Waals surface area contributed by atoms with E-state index in [4.69, 9.17) is 4.74 Å². The van der Waals surface area contributed by atoms with Gasteiger partial charge in [0, 0.05) is 12.1 Å². The molecule has 0 aliphatic rings. The first-order chi connectivity index (χ1) is 14.2. The molecule has 3 amide bonds. The van der Waals surface area contributed by atoms with Gasteiger partial charge in [-0.15, -0.1) is 0 Å². The lowest BCUT2D eigenvalue weighted by atomic mass is 9.98. The van der Waals surface area contributed by atoms with Crippen LogP contribution in [0.3, 0.4) is 0 Å². The summed E-state index contributed by atoms with van der Waals surface area (Å²) < 4.78 is 5.34. The van der Waals surface area contributed by atoms with Crippen molar-refractivity contribution in [3.8, 4) is 0 Å². The molecule has 2 N–H and O–H groups in total. The molecule has 0 saturated carbocycles. The number of ether oxygens (including phenoxy) is 1. The number of carbonyl (C=O) groups excluding carboxylic acids is 3. The molecule has 0 spiro atoms. The first-order valence-electron chi connectivity index (χ1n) is 10.8. The number of rotatable bonds is 7. The Morgan fingerprint density at radius 1 is 1.00 bits per heavy atom. The Morgan fingerprint density at radius 2 is 1.55 bits per heavy atom. The van der Waals surface area contributed by atoms with E-state index in [1.54, 1.807) is 20.8 Å². The molecule has 174 valence electrons. The Bertz CT molecular complexity index is 748. The van der Waals surface area contributed by atoms with Crippen LogP contribution in [0.1, 0.15) is 73.9 Å². The second kappa shape index (κ2) is 10.6. The number of hydrogen-bond donors (Lipinski definition) is 2. The smallest absolute Gasteiger partial charge is 0.408 e. The van der Waals surface area contributed by atoms with Gasteiger partial charge < -0.3 is 20.3 Å². The van der Waals surface area contributed by atoms with Gasteiger partial charge in [0.1, 0.15) is 17.7 Å². The van der Waals surface area contributed by atoms with Crippen molar-refractivity contribution in [3.05, 3.63) is 35.9 Å². The first kappa shape index (κ1) is 26.5. The van der Waals surface area contributed by atoms with Gasteiger partial charge in [-0.1, -0.05) is 44.2 Å². The lowest BCUT2D eigenvalue weighted by molar-refractivity contribution is -0.143. The number of amides is 3. The maximum absolute atomic E-state index is 13.6. The third-order valence-corrected chi connectivity index (χ3v) is 4.40. The standard InChI is InChI=1S/C24H39N3O4/c1-10-27(21(29)18(16(2)3)25-22(30)31-24(7,8)9)19(17-14-12-11-13-15-17)20(28)26-23(4,5)6/h11-16,18-19H,10H2,1-9H3,(H,25,30)(H,26,28). The summed E-state index contributed by atoms with van der Waals surface area (Å²) in [6, 6.07) is 7.54. The molecular formula is C24H39N3O4. The van der Waals surface area contributed by atoms with Crippen LogP contribution in [0.2, 0.25) is 0 Å². The van der Waals surface area contributed by atoms with E-state index < -0.39 is 29.3 Å². The van der Waals surface area contributed by atoms with Crippen LogP contribution in [-0.4, -0.2) is 46.5 Å². The van der Waals surface area contributed by atoms with Gasteiger partial charge in [-0.05, 0) is 59.9 Å². The molecule has 0 aliphatic heterocycles. The third-order valence-electron chi connectivity index (χ3n) is 4.40. The second-order valence-corrected chi connectivity index (χ2v) is 10.0. The molecule has 31 heavy (non-hydrogen) atoms. The van der Waals surface area contributed by atoms with Gasteiger partial charge in [0.25, 0.3) is 0 Å². The molecule has 7 nitrogen and oxygen atoms in total. The maximum atomic E-state index is 13.6. The fraction of sp³-hybridized carbons (Fsp3) is 0.625. The molecule has 0 aromatic heterocycles. The molecule has 0 radical (unpaired) electrons. The highest BCUT2D eigenvalue weighted by molar-refractivity contribution is 5.92. The van der Waals surface area contributed by atoms with E-state index in [0.717, 1.165) is 0 Å². The van der Waals surface area contributed by atoms with Crippen molar-refractivity contribution in [1.29, 1.82) is 0 Å². The minimum atomic E-state index is -0.830.